The predicted molar refractivity (Wildman–Crippen MR) is 111 cm³/mol. The lowest BCUT2D eigenvalue weighted by Gasteiger charge is -2.11. The Hall–Kier alpha value is -3.41. The summed E-state index contributed by atoms with van der Waals surface area (Å²) in [7, 11) is -2.93. The Morgan fingerprint density at radius 2 is 1.79 bits per heavy atom. The van der Waals surface area contributed by atoms with Gasteiger partial charge in [-0.15, -0.1) is 0 Å². The molecule has 1 heterocycles. The molecule has 2 aromatic carbocycles. The van der Waals surface area contributed by atoms with Crippen molar-refractivity contribution in [1.82, 2.24) is 14.5 Å². The molecule has 176 valence electrons. The zero-order valence-corrected chi connectivity index (χ0v) is 18.3. The number of nitrogens with one attached hydrogen (secondary N) is 1. The normalized spacial score (nSPS) is 11.9. The minimum atomic E-state index is -4.80. The first kappa shape index (κ1) is 24.2. The Morgan fingerprint density at radius 3 is 2.33 bits per heavy atom. The van der Waals surface area contributed by atoms with Crippen molar-refractivity contribution in [3.8, 4) is 22.7 Å². The first-order valence-corrected chi connectivity index (χ1v) is 11.1. The van der Waals surface area contributed by atoms with Crippen LogP contribution < -0.4 is 9.46 Å². The van der Waals surface area contributed by atoms with E-state index >= 15 is 0 Å². The molecular formula is C21H19F4N3O4S. The van der Waals surface area contributed by atoms with Crippen LogP contribution in [0.3, 0.4) is 0 Å². The topological polar surface area (TPSA) is 90.3 Å². The summed E-state index contributed by atoms with van der Waals surface area (Å²) in [6.45, 7) is 1.68. The van der Waals surface area contributed by atoms with E-state index in [1.165, 1.54) is 31.4 Å². The lowest BCUT2D eigenvalue weighted by atomic mass is 10.1. The number of methoxy groups -OCH3 is 1. The second-order valence-electron chi connectivity index (χ2n) is 6.94. The third kappa shape index (κ3) is 5.33. The number of hydrogen-bond acceptors (Lipinski definition) is 5. The number of benzene rings is 2. The summed E-state index contributed by atoms with van der Waals surface area (Å²) < 4.78 is 87.2. The number of nitrogens with zero attached hydrogens (tertiary/aromatic N) is 2. The molecule has 3 rings (SSSR count). The maximum Gasteiger partial charge on any atom is 0.435 e. The van der Waals surface area contributed by atoms with Crippen molar-refractivity contribution in [2.45, 2.75) is 30.8 Å². The molecule has 0 aliphatic heterocycles. The highest BCUT2D eigenvalue weighted by Gasteiger charge is 2.35. The van der Waals surface area contributed by atoms with Gasteiger partial charge in [0.1, 0.15) is 17.3 Å². The van der Waals surface area contributed by atoms with E-state index in [4.69, 9.17) is 4.74 Å². The quantitative estimate of drug-likeness (QED) is 0.504. The number of amides is 1. The Morgan fingerprint density at radius 1 is 1.12 bits per heavy atom. The third-order valence-electron chi connectivity index (χ3n) is 4.57. The van der Waals surface area contributed by atoms with Gasteiger partial charge in [-0.05, 0) is 55.0 Å². The molecule has 1 amide bonds. The summed E-state index contributed by atoms with van der Waals surface area (Å²) in [5.74, 6) is -1.44. The number of alkyl halides is 3. The van der Waals surface area contributed by atoms with Crippen molar-refractivity contribution in [1.29, 1.82) is 0 Å². The van der Waals surface area contributed by atoms with Crippen molar-refractivity contribution in [3.63, 3.8) is 0 Å². The van der Waals surface area contributed by atoms with E-state index in [9.17, 15) is 30.8 Å². The largest absolute Gasteiger partial charge is 0.497 e. The first-order chi connectivity index (χ1) is 15.5. The molecule has 0 bridgehead atoms. The summed E-state index contributed by atoms with van der Waals surface area (Å²) in [5.41, 5.74) is -1.44. The van der Waals surface area contributed by atoms with E-state index in [-0.39, 0.29) is 12.1 Å². The molecule has 7 nitrogen and oxygen atoms in total. The highest BCUT2D eigenvalue weighted by Crippen LogP contribution is 2.34. The van der Waals surface area contributed by atoms with Gasteiger partial charge in [-0.1, -0.05) is 6.92 Å². The summed E-state index contributed by atoms with van der Waals surface area (Å²) in [6, 6.07) is 9.33. The molecule has 0 aliphatic carbocycles. The Kier molecular flexibility index (Phi) is 6.77. The van der Waals surface area contributed by atoms with Gasteiger partial charge < -0.3 is 4.74 Å². The number of carbonyl (C=O) groups is 1. The average Bonchev–Trinajstić information content (AvgIpc) is 3.19. The Labute approximate surface area is 187 Å². The zero-order chi connectivity index (χ0) is 24.4. The second kappa shape index (κ2) is 9.22. The van der Waals surface area contributed by atoms with Crippen molar-refractivity contribution < 1.29 is 35.5 Å². The van der Waals surface area contributed by atoms with Crippen molar-refractivity contribution in [2.75, 3.05) is 7.11 Å². The van der Waals surface area contributed by atoms with Gasteiger partial charge >= 0.3 is 6.18 Å². The van der Waals surface area contributed by atoms with Gasteiger partial charge in [-0.2, -0.15) is 18.3 Å². The molecule has 3 aromatic rings. The molecule has 1 N–H and O–H groups in total. The van der Waals surface area contributed by atoms with Gasteiger partial charge in [-0.3, -0.25) is 4.79 Å². The fraction of sp³-hybridized carbons (Fsp3) is 0.238. The van der Waals surface area contributed by atoms with Crippen LogP contribution in [-0.4, -0.2) is 31.2 Å². The number of hydrogen-bond donors (Lipinski definition) is 1. The highest BCUT2D eigenvalue weighted by atomic mass is 32.2. The number of carbonyl (C=O) groups excluding carboxylic acids is 1. The first-order valence-electron chi connectivity index (χ1n) is 9.63. The Bertz CT molecular complexity index is 1270. The fourth-order valence-corrected chi connectivity index (χ4v) is 4.01. The van der Waals surface area contributed by atoms with Crippen LogP contribution in [0.4, 0.5) is 17.6 Å². The molecule has 0 saturated carbocycles. The minimum Gasteiger partial charge on any atom is -0.497 e. The lowest BCUT2D eigenvalue weighted by molar-refractivity contribution is -0.141. The Balaban J connectivity index is 2.08. The predicted octanol–water partition coefficient (Wildman–Crippen LogP) is 4.31. The second-order valence-corrected chi connectivity index (χ2v) is 8.63. The van der Waals surface area contributed by atoms with Crippen LogP contribution in [-0.2, 0) is 21.0 Å². The smallest absolute Gasteiger partial charge is 0.435 e. The van der Waals surface area contributed by atoms with Crippen LogP contribution in [0.2, 0.25) is 0 Å². The maximum absolute atomic E-state index is 14.9. The van der Waals surface area contributed by atoms with Crippen molar-refractivity contribution in [2.24, 2.45) is 0 Å². The number of aromatic nitrogens is 2. The number of sulfonamides is 1. The van der Waals surface area contributed by atoms with Gasteiger partial charge in [0.25, 0.3) is 10.0 Å². The fourth-order valence-electron chi connectivity index (χ4n) is 2.98. The van der Waals surface area contributed by atoms with E-state index in [1.54, 1.807) is 6.92 Å². The van der Waals surface area contributed by atoms with Crippen LogP contribution in [0.5, 0.6) is 5.75 Å². The van der Waals surface area contributed by atoms with Crippen LogP contribution in [0.25, 0.3) is 16.9 Å². The number of rotatable bonds is 7. The molecule has 12 heteroatoms. The summed E-state index contributed by atoms with van der Waals surface area (Å²) in [4.78, 5) is 11.1. The standard InChI is InChI=1S/C21H19F4N3O4S/c1-3-4-20(29)27-33(30,31)15-9-10-17(16(22)11-15)28-18(12-19(26-28)21(23,24)25)13-5-7-14(32-2)8-6-13/h5-12H,3-4H2,1-2H3,(H,27,29). The van der Waals surface area contributed by atoms with Crippen molar-refractivity contribution in [3.05, 3.63) is 60.0 Å². The molecule has 0 fully saturated rings. The third-order valence-corrected chi connectivity index (χ3v) is 5.94. The number of halogens is 4. The van der Waals surface area contributed by atoms with Crippen LogP contribution >= 0.6 is 0 Å². The number of ether oxygens (including phenoxy) is 1. The molecule has 0 spiro atoms. The van der Waals surface area contributed by atoms with E-state index in [0.717, 1.165) is 22.9 Å². The minimum absolute atomic E-state index is 0.0431. The van der Waals surface area contributed by atoms with Gasteiger partial charge in [0.2, 0.25) is 5.91 Å². The van der Waals surface area contributed by atoms with Gasteiger partial charge in [0, 0.05) is 12.0 Å². The molecule has 0 radical (unpaired) electrons. The summed E-state index contributed by atoms with van der Waals surface area (Å²) in [6.07, 6.45) is -4.43. The summed E-state index contributed by atoms with van der Waals surface area (Å²) >= 11 is 0. The van der Waals surface area contributed by atoms with Gasteiger partial charge in [-0.25, -0.2) is 22.2 Å². The molecule has 1 aromatic heterocycles. The summed E-state index contributed by atoms with van der Waals surface area (Å²) in [5, 5.41) is 3.50. The molecule has 0 unspecified atom stereocenters. The van der Waals surface area contributed by atoms with Gasteiger partial charge in [0.15, 0.2) is 5.69 Å². The average molecular weight is 485 g/mol. The molecule has 33 heavy (non-hydrogen) atoms. The molecule has 0 aliphatic rings. The molecule has 0 saturated heterocycles. The van der Waals surface area contributed by atoms with Gasteiger partial charge in [0.05, 0.1) is 17.7 Å². The van der Waals surface area contributed by atoms with Crippen LogP contribution in [0.1, 0.15) is 25.5 Å². The maximum atomic E-state index is 14.9. The van der Waals surface area contributed by atoms with Crippen molar-refractivity contribution >= 4 is 15.9 Å². The lowest BCUT2D eigenvalue weighted by Crippen LogP contribution is -2.30. The molecule has 0 atom stereocenters. The zero-order valence-electron chi connectivity index (χ0n) is 17.5. The van der Waals surface area contributed by atoms with E-state index in [1.807, 2.05) is 4.72 Å². The highest BCUT2D eigenvalue weighted by molar-refractivity contribution is 7.90. The van der Waals surface area contributed by atoms with Crippen LogP contribution in [0.15, 0.2) is 53.4 Å². The van der Waals surface area contributed by atoms with E-state index in [0.29, 0.717) is 23.8 Å². The van der Waals surface area contributed by atoms with E-state index in [2.05, 4.69) is 5.10 Å². The van der Waals surface area contributed by atoms with E-state index < -0.39 is 44.2 Å². The monoisotopic (exact) mass is 485 g/mol. The van der Waals surface area contributed by atoms with Crippen LogP contribution in [0, 0.1) is 5.82 Å². The SMILES string of the molecule is CCCC(=O)NS(=O)(=O)c1ccc(-n2nc(C(F)(F)F)cc2-c2ccc(OC)cc2)c(F)c1. The molecular weight excluding hydrogens is 466 g/mol.